The molecule has 3 aromatic rings. The topological polar surface area (TPSA) is 60.2 Å². The maximum Gasteiger partial charge on any atom is 0.253 e. The van der Waals surface area contributed by atoms with Crippen LogP contribution in [0.1, 0.15) is 21.5 Å². The molecular formula is C20H17ClN4OS. The Labute approximate surface area is 166 Å². The van der Waals surface area contributed by atoms with E-state index in [1.165, 1.54) is 0 Å². The Morgan fingerprint density at radius 2 is 1.85 bits per heavy atom. The molecule has 1 saturated heterocycles. The van der Waals surface area contributed by atoms with Crippen molar-refractivity contribution in [3.63, 3.8) is 0 Å². The second-order valence-corrected chi connectivity index (χ2v) is 7.90. The number of anilines is 1. The highest BCUT2D eigenvalue weighted by molar-refractivity contribution is 7.22. The van der Waals surface area contributed by atoms with E-state index in [1.807, 2.05) is 24.0 Å². The van der Waals surface area contributed by atoms with Crippen LogP contribution in [0.5, 0.6) is 0 Å². The van der Waals surface area contributed by atoms with E-state index in [4.69, 9.17) is 21.8 Å². The number of rotatable bonds is 2. The number of aromatic nitrogens is 1. The zero-order chi connectivity index (χ0) is 19.0. The van der Waals surface area contributed by atoms with E-state index >= 15 is 0 Å². The van der Waals surface area contributed by atoms with Gasteiger partial charge in [0.05, 0.1) is 21.8 Å². The van der Waals surface area contributed by atoms with Crippen molar-refractivity contribution in [2.45, 2.75) is 6.92 Å². The largest absolute Gasteiger partial charge is 0.345 e. The molecule has 1 fully saturated rings. The van der Waals surface area contributed by atoms with Gasteiger partial charge in [0.2, 0.25) is 0 Å². The van der Waals surface area contributed by atoms with Crippen LogP contribution < -0.4 is 4.90 Å². The molecule has 7 heteroatoms. The van der Waals surface area contributed by atoms with Crippen molar-refractivity contribution in [3.8, 4) is 6.07 Å². The van der Waals surface area contributed by atoms with Gasteiger partial charge < -0.3 is 9.80 Å². The predicted octanol–water partition coefficient (Wildman–Crippen LogP) is 4.09. The van der Waals surface area contributed by atoms with Gasteiger partial charge in [-0.25, -0.2) is 4.98 Å². The molecule has 0 radical (unpaired) electrons. The Balaban J connectivity index is 1.46. The van der Waals surface area contributed by atoms with Crippen molar-refractivity contribution in [1.29, 1.82) is 5.26 Å². The van der Waals surface area contributed by atoms with Crippen molar-refractivity contribution in [1.82, 2.24) is 9.88 Å². The van der Waals surface area contributed by atoms with Crippen molar-refractivity contribution in [2.24, 2.45) is 0 Å². The summed E-state index contributed by atoms with van der Waals surface area (Å²) in [7, 11) is 0. The van der Waals surface area contributed by atoms with Crippen LogP contribution in [0.3, 0.4) is 0 Å². The van der Waals surface area contributed by atoms with Gasteiger partial charge in [-0.2, -0.15) is 5.26 Å². The first-order valence-electron chi connectivity index (χ1n) is 8.67. The summed E-state index contributed by atoms with van der Waals surface area (Å²) in [6, 6.07) is 12.8. The number of amides is 1. The molecule has 136 valence electrons. The van der Waals surface area contributed by atoms with Crippen LogP contribution in [-0.4, -0.2) is 42.0 Å². The number of hydrogen-bond acceptors (Lipinski definition) is 5. The van der Waals surface area contributed by atoms with Gasteiger partial charge >= 0.3 is 0 Å². The highest BCUT2D eigenvalue weighted by atomic mass is 35.5. The molecule has 0 saturated carbocycles. The Hall–Kier alpha value is -2.62. The summed E-state index contributed by atoms with van der Waals surface area (Å²) in [4.78, 5) is 21.5. The van der Waals surface area contributed by atoms with Gasteiger partial charge in [-0.3, -0.25) is 4.79 Å². The van der Waals surface area contributed by atoms with Crippen LogP contribution in [-0.2, 0) is 0 Å². The quantitative estimate of drug-likeness (QED) is 0.654. The molecule has 0 unspecified atom stereocenters. The van der Waals surface area contributed by atoms with Crippen LogP contribution in [0.4, 0.5) is 5.13 Å². The molecule has 0 bridgehead atoms. The van der Waals surface area contributed by atoms with Gasteiger partial charge in [-0.15, -0.1) is 0 Å². The summed E-state index contributed by atoms with van der Waals surface area (Å²) >= 11 is 7.86. The number of benzene rings is 2. The molecule has 2 heterocycles. The summed E-state index contributed by atoms with van der Waals surface area (Å²) in [5.74, 6) is 0.00562. The molecule has 4 rings (SSSR count). The van der Waals surface area contributed by atoms with Gasteiger partial charge in [0.15, 0.2) is 5.13 Å². The molecule has 1 aliphatic heterocycles. The first-order chi connectivity index (χ1) is 13.1. The highest BCUT2D eigenvalue weighted by Crippen LogP contribution is 2.33. The number of carbonyl (C=O) groups is 1. The van der Waals surface area contributed by atoms with Crippen LogP contribution >= 0.6 is 22.9 Å². The smallest absolute Gasteiger partial charge is 0.253 e. The van der Waals surface area contributed by atoms with Gasteiger partial charge in [0, 0.05) is 36.8 Å². The number of hydrogen-bond donors (Lipinski definition) is 0. The van der Waals surface area contributed by atoms with E-state index in [1.54, 1.807) is 35.6 Å². The van der Waals surface area contributed by atoms with Gasteiger partial charge in [0.25, 0.3) is 5.91 Å². The van der Waals surface area contributed by atoms with Crippen molar-refractivity contribution in [2.75, 3.05) is 31.1 Å². The lowest BCUT2D eigenvalue weighted by Crippen LogP contribution is -2.48. The molecule has 27 heavy (non-hydrogen) atoms. The van der Waals surface area contributed by atoms with Gasteiger partial charge in [-0.1, -0.05) is 22.9 Å². The van der Waals surface area contributed by atoms with Crippen LogP contribution in [0.25, 0.3) is 10.2 Å². The first kappa shape index (κ1) is 17.8. The third-order valence-corrected chi connectivity index (χ3v) is 6.33. The number of carbonyl (C=O) groups excluding carboxylic acids is 1. The molecule has 0 spiro atoms. The number of aryl methyl sites for hydroxylation is 1. The summed E-state index contributed by atoms with van der Waals surface area (Å²) in [6.45, 7) is 4.77. The average molecular weight is 397 g/mol. The summed E-state index contributed by atoms with van der Waals surface area (Å²) in [6.07, 6.45) is 0. The molecule has 0 N–H and O–H groups in total. The minimum Gasteiger partial charge on any atom is -0.345 e. The van der Waals surface area contributed by atoms with Crippen molar-refractivity contribution < 1.29 is 4.79 Å². The number of nitriles is 1. The van der Waals surface area contributed by atoms with Crippen molar-refractivity contribution >= 4 is 44.2 Å². The fourth-order valence-corrected chi connectivity index (χ4v) is 4.42. The average Bonchev–Trinajstić information content (AvgIpc) is 3.15. The Morgan fingerprint density at radius 1 is 1.15 bits per heavy atom. The van der Waals surface area contributed by atoms with Gasteiger partial charge in [-0.05, 0) is 48.9 Å². The molecular weight excluding hydrogens is 380 g/mol. The molecule has 2 aromatic carbocycles. The minimum absolute atomic E-state index is 0.00562. The number of fused-ring (bicyclic) bond motifs is 1. The molecule has 5 nitrogen and oxygen atoms in total. The number of thiazole rings is 1. The lowest BCUT2D eigenvalue weighted by molar-refractivity contribution is 0.0747. The molecule has 0 atom stereocenters. The van der Waals surface area contributed by atoms with E-state index in [-0.39, 0.29) is 5.91 Å². The predicted molar refractivity (Wildman–Crippen MR) is 109 cm³/mol. The summed E-state index contributed by atoms with van der Waals surface area (Å²) < 4.78 is 1.13. The second-order valence-electron chi connectivity index (χ2n) is 6.48. The Morgan fingerprint density at radius 3 is 2.52 bits per heavy atom. The van der Waals surface area contributed by atoms with Crippen LogP contribution in [0, 0.1) is 18.3 Å². The second kappa shape index (κ2) is 7.18. The van der Waals surface area contributed by atoms with E-state index in [0.29, 0.717) is 24.2 Å². The molecule has 1 aromatic heterocycles. The standard InChI is InChI=1S/C20H17ClN4OS/c1-13-16(21)6-7-17-18(13)23-20(27-17)25-10-8-24(9-11-25)19(26)15-4-2-14(12-22)3-5-15/h2-7H,8-11H2,1H3. The van der Waals surface area contributed by atoms with E-state index in [2.05, 4.69) is 11.0 Å². The number of piperazine rings is 1. The monoisotopic (exact) mass is 396 g/mol. The fourth-order valence-electron chi connectivity index (χ4n) is 3.19. The van der Waals surface area contributed by atoms with Gasteiger partial charge in [0.1, 0.15) is 0 Å². The maximum absolute atomic E-state index is 12.7. The zero-order valence-electron chi connectivity index (χ0n) is 14.8. The first-order valence-corrected chi connectivity index (χ1v) is 9.86. The van der Waals surface area contributed by atoms with E-state index < -0.39 is 0 Å². The Bertz CT molecular complexity index is 1050. The maximum atomic E-state index is 12.7. The fraction of sp³-hybridized carbons (Fsp3) is 0.250. The molecule has 0 aliphatic carbocycles. The SMILES string of the molecule is Cc1c(Cl)ccc2sc(N3CCN(C(=O)c4ccc(C#N)cc4)CC3)nc12. The van der Waals surface area contributed by atoms with Crippen molar-refractivity contribution in [3.05, 3.63) is 58.1 Å². The van der Waals surface area contributed by atoms with Crippen LogP contribution in [0.2, 0.25) is 5.02 Å². The zero-order valence-corrected chi connectivity index (χ0v) is 16.3. The highest BCUT2D eigenvalue weighted by Gasteiger charge is 2.24. The number of nitrogens with zero attached hydrogens (tertiary/aromatic N) is 4. The molecule has 1 amide bonds. The number of halogens is 1. The summed E-state index contributed by atoms with van der Waals surface area (Å²) in [5, 5.41) is 10.6. The van der Waals surface area contributed by atoms with E-state index in [9.17, 15) is 4.79 Å². The lowest BCUT2D eigenvalue weighted by Gasteiger charge is -2.34. The minimum atomic E-state index is 0.00562. The lowest BCUT2D eigenvalue weighted by atomic mass is 10.1. The van der Waals surface area contributed by atoms with E-state index in [0.717, 1.165) is 39.0 Å². The third kappa shape index (κ3) is 3.36. The molecule has 1 aliphatic rings. The van der Waals surface area contributed by atoms with Crippen LogP contribution in [0.15, 0.2) is 36.4 Å². The summed E-state index contributed by atoms with van der Waals surface area (Å²) in [5.41, 5.74) is 3.14. The normalized spacial score (nSPS) is 14.4. The third-order valence-electron chi connectivity index (χ3n) is 4.83. The Kier molecular flexibility index (Phi) is 4.73.